The van der Waals surface area contributed by atoms with Crippen molar-refractivity contribution in [2.24, 2.45) is 0 Å². The van der Waals surface area contributed by atoms with E-state index in [-0.39, 0.29) is 5.97 Å². The Morgan fingerprint density at radius 3 is 3.12 bits per heavy atom. The molecular weight excluding hydrogens is 208 g/mol. The molecule has 0 aliphatic carbocycles. The maximum Gasteiger partial charge on any atom is 0.338 e. The van der Waals surface area contributed by atoms with Gasteiger partial charge in [-0.1, -0.05) is 18.2 Å². The van der Waals surface area contributed by atoms with Gasteiger partial charge in [0.05, 0.1) is 7.11 Å². The molecule has 3 rings (SSSR count). The quantitative estimate of drug-likeness (QED) is 0.522. The highest BCUT2D eigenvalue weighted by Crippen LogP contribution is 2.45. The van der Waals surface area contributed by atoms with Crippen LogP contribution >= 0.6 is 0 Å². The predicted octanol–water partition coefficient (Wildman–Crippen LogP) is 0.932. The second-order valence-corrected chi connectivity index (χ2v) is 4.16. The normalized spacial score (nSPS) is 30.4. The zero-order valence-electron chi connectivity index (χ0n) is 8.93. The minimum absolute atomic E-state index is 0.317. The lowest BCUT2D eigenvalue weighted by molar-refractivity contribution is -0.142. The van der Waals surface area contributed by atoms with Crippen LogP contribution in [0.3, 0.4) is 0 Å². The standard InChI is InChI=1S/C12H12O4/c1-14-11(13)10-12(16-10)6-8-4-2-3-5-9(8)15-7-12/h2-5,10H,6-7H2,1H3. The molecule has 0 bridgehead atoms. The average molecular weight is 220 g/mol. The Morgan fingerprint density at radius 1 is 1.50 bits per heavy atom. The summed E-state index contributed by atoms with van der Waals surface area (Å²) in [6.07, 6.45) is 0.244. The van der Waals surface area contributed by atoms with Crippen LogP contribution in [0.2, 0.25) is 0 Å². The Kier molecular flexibility index (Phi) is 1.94. The first-order valence-corrected chi connectivity index (χ1v) is 5.21. The van der Waals surface area contributed by atoms with Crippen LogP contribution in [-0.2, 0) is 20.7 Å². The number of rotatable bonds is 1. The molecule has 0 amide bonds. The zero-order valence-corrected chi connectivity index (χ0v) is 8.93. The summed E-state index contributed by atoms with van der Waals surface area (Å²) in [5, 5.41) is 0. The van der Waals surface area contributed by atoms with E-state index in [1.54, 1.807) is 0 Å². The molecule has 1 aromatic rings. The van der Waals surface area contributed by atoms with Crippen LogP contribution in [0.4, 0.5) is 0 Å². The third kappa shape index (κ3) is 1.30. The molecule has 4 nitrogen and oxygen atoms in total. The largest absolute Gasteiger partial charge is 0.490 e. The fraction of sp³-hybridized carbons (Fsp3) is 0.417. The van der Waals surface area contributed by atoms with Crippen molar-refractivity contribution in [3.05, 3.63) is 29.8 Å². The molecule has 1 saturated heterocycles. The van der Waals surface area contributed by atoms with Gasteiger partial charge in [-0.3, -0.25) is 0 Å². The van der Waals surface area contributed by atoms with E-state index in [0.29, 0.717) is 13.0 Å². The summed E-state index contributed by atoms with van der Waals surface area (Å²) in [6, 6.07) is 7.81. The number of ether oxygens (including phenoxy) is 3. The van der Waals surface area contributed by atoms with E-state index in [9.17, 15) is 4.79 Å². The summed E-state index contributed by atoms with van der Waals surface area (Å²) < 4.78 is 15.7. The molecule has 1 fully saturated rings. The fourth-order valence-corrected chi connectivity index (χ4v) is 2.18. The van der Waals surface area contributed by atoms with Crippen LogP contribution < -0.4 is 4.74 Å². The number of epoxide rings is 1. The van der Waals surface area contributed by atoms with Crippen molar-refractivity contribution < 1.29 is 19.0 Å². The van der Waals surface area contributed by atoms with Gasteiger partial charge in [0.25, 0.3) is 0 Å². The number of carbonyl (C=O) groups is 1. The smallest absolute Gasteiger partial charge is 0.338 e. The highest BCUT2D eigenvalue weighted by Gasteiger charge is 2.63. The topological polar surface area (TPSA) is 48.1 Å². The van der Waals surface area contributed by atoms with E-state index in [1.165, 1.54) is 7.11 Å². The molecule has 2 unspecified atom stereocenters. The maximum absolute atomic E-state index is 11.4. The number of para-hydroxylation sites is 1. The SMILES string of the molecule is COC(=O)C1OC12COc1ccccc1C2. The Hall–Kier alpha value is -1.55. The highest BCUT2D eigenvalue weighted by atomic mass is 16.7. The summed E-state index contributed by atoms with van der Waals surface area (Å²) in [5.41, 5.74) is 0.599. The van der Waals surface area contributed by atoms with Crippen molar-refractivity contribution in [2.45, 2.75) is 18.1 Å². The Balaban J connectivity index is 1.82. The molecule has 0 N–H and O–H groups in total. The molecule has 0 saturated carbocycles. The van der Waals surface area contributed by atoms with E-state index < -0.39 is 11.7 Å². The van der Waals surface area contributed by atoms with Crippen molar-refractivity contribution >= 4 is 5.97 Å². The zero-order chi connectivity index (χ0) is 11.2. The second-order valence-electron chi connectivity index (χ2n) is 4.16. The number of fused-ring (bicyclic) bond motifs is 1. The number of methoxy groups -OCH3 is 1. The Morgan fingerprint density at radius 2 is 2.31 bits per heavy atom. The number of hydrogen-bond acceptors (Lipinski definition) is 4. The van der Waals surface area contributed by atoms with Crippen LogP contribution in [0.5, 0.6) is 5.75 Å². The van der Waals surface area contributed by atoms with Crippen molar-refractivity contribution in [2.75, 3.05) is 13.7 Å². The summed E-state index contributed by atoms with van der Waals surface area (Å²) in [6.45, 7) is 0.420. The van der Waals surface area contributed by atoms with Crippen LogP contribution in [0.25, 0.3) is 0 Å². The van der Waals surface area contributed by atoms with Gasteiger partial charge in [-0.15, -0.1) is 0 Å². The molecule has 2 atom stereocenters. The van der Waals surface area contributed by atoms with E-state index in [4.69, 9.17) is 9.47 Å². The highest BCUT2D eigenvalue weighted by molar-refractivity contribution is 5.79. The van der Waals surface area contributed by atoms with Gasteiger partial charge in [-0.2, -0.15) is 0 Å². The van der Waals surface area contributed by atoms with Gasteiger partial charge in [-0.25, -0.2) is 4.79 Å². The van der Waals surface area contributed by atoms with Gasteiger partial charge in [0, 0.05) is 6.42 Å². The second kappa shape index (κ2) is 3.22. The van der Waals surface area contributed by atoms with E-state index in [1.807, 2.05) is 24.3 Å². The first-order chi connectivity index (χ1) is 7.75. The van der Waals surface area contributed by atoms with E-state index in [2.05, 4.69) is 4.74 Å². The van der Waals surface area contributed by atoms with Crippen molar-refractivity contribution in [1.82, 2.24) is 0 Å². The van der Waals surface area contributed by atoms with E-state index in [0.717, 1.165) is 11.3 Å². The molecule has 0 aromatic heterocycles. The average Bonchev–Trinajstić information content (AvgIpc) is 3.02. The molecule has 84 valence electrons. The summed E-state index contributed by atoms with van der Waals surface area (Å²) >= 11 is 0. The number of benzene rings is 1. The maximum atomic E-state index is 11.4. The first kappa shape index (κ1) is 9.66. The van der Waals surface area contributed by atoms with Crippen molar-refractivity contribution in [3.8, 4) is 5.75 Å². The molecule has 2 aliphatic heterocycles. The summed E-state index contributed by atoms with van der Waals surface area (Å²) in [5.74, 6) is 0.565. The third-order valence-corrected chi connectivity index (χ3v) is 3.12. The van der Waals surface area contributed by atoms with Gasteiger partial charge >= 0.3 is 5.97 Å². The van der Waals surface area contributed by atoms with Crippen LogP contribution in [-0.4, -0.2) is 31.4 Å². The summed E-state index contributed by atoms with van der Waals surface area (Å²) in [4.78, 5) is 11.4. The minimum Gasteiger partial charge on any atom is -0.490 e. The lowest BCUT2D eigenvalue weighted by Crippen LogP contribution is -2.34. The van der Waals surface area contributed by atoms with Gasteiger partial charge < -0.3 is 14.2 Å². The van der Waals surface area contributed by atoms with Gasteiger partial charge in [0.15, 0.2) is 6.10 Å². The molecule has 2 heterocycles. The van der Waals surface area contributed by atoms with Gasteiger partial charge in [0.2, 0.25) is 0 Å². The molecule has 2 aliphatic rings. The van der Waals surface area contributed by atoms with Crippen molar-refractivity contribution in [1.29, 1.82) is 0 Å². The number of esters is 1. The molecule has 0 radical (unpaired) electrons. The Bertz CT molecular complexity index is 442. The molecule has 16 heavy (non-hydrogen) atoms. The van der Waals surface area contributed by atoms with Gasteiger partial charge in [-0.05, 0) is 11.6 Å². The monoisotopic (exact) mass is 220 g/mol. The predicted molar refractivity (Wildman–Crippen MR) is 55.3 cm³/mol. The fourth-order valence-electron chi connectivity index (χ4n) is 2.18. The lowest BCUT2D eigenvalue weighted by Gasteiger charge is -2.22. The molecule has 1 aromatic carbocycles. The number of hydrogen-bond donors (Lipinski definition) is 0. The lowest BCUT2D eigenvalue weighted by atomic mass is 9.93. The first-order valence-electron chi connectivity index (χ1n) is 5.21. The molecule has 1 spiro atoms. The van der Waals surface area contributed by atoms with Crippen LogP contribution in [0.15, 0.2) is 24.3 Å². The minimum atomic E-state index is -0.485. The third-order valence-electron chi connectivity index (χ3n) is 3.12. The number of carbonyl (C=O) groups excluding carboxylic acids is 1. The van der Waals surface area contributed by atoms with Crippen LogP contribution in [0, 0.1) is 0 Å². The van der Waals surface area contributed by atoms with E-state index >= 15 is 0 Å². The van der Waals surface area contributed by atoms with Gasteiger partial charge in [0.1, 0.15) is 18.0 Å². The molecule has 4 heteroatoms. The van der Waals surface area contributed by atoms with Crippen molar-refractivity contribution in [3.63, 3.8) is 0 Å². The van der Waals surface area contributed by atoms with Crippen LogP contribution in [0.1, 0.15) is 5.56 Å². The molecular formula is C12H12O4. The summed E-state index contributed by atoms with van der Waals surface area (Å²) in [7, 11) is 1.37. The Labute approximate surface area is 93.1 Å².